The molecular weight excluding hydrogens is 272 g/mol. The van der Waals surface area contributed by atoms with Crippen LogP contribution >= 0.6 is 0 Å². The first-order valence-electron chi connectivity index (χ1n) is 7.52. The molecule has 1 rings (SSSR count). The number of ether oxygens (including phenoxy) is 1. The molecule has 1 saturated heterocycles. The summed E-state index contributed by atoms with van der Waals surface area (Å²) in [6, 6.07) is -0.803. The number of hydrogen-bond acceptors (Lipinski definition) is 5. The van der Waals surface area contributed by atoms with Crippen LogP contribution in [0.3, 0.4) is 0 Å². The molecule has 1 aliphatic heterocycles. The summed E-state index contributed by atoms with van der Waals surface area (Å²) < 4.78 is 5.26. The highest BCUT2D eigenvalue weighted by Gasteiger charge is 2.50. The van der Waals surface area contributed by atoms with Gasteiger partial charge in [-0.2, -0.15) is 0 Å². The van der Waals surface area contributed by atoms with Gasteiger partial charge in [-0.1, -0.05) is 6.42 Å². The number of aliphatic carboxylic acids is 1. The van der Waals surface area contributed by atoms with Crippen molar-refractivity contribution in [3.05, 3.63) is 0 Å². The lowest BCUT2D eigenvalue weighted by atomic mass is 9.82. The van der Waals surface area contributed by atoms with Crippen molar-refractivity contribution >= 4 is 11.9 Å². The Morgan fingerprint density at radius 1 is 1.19 bits per heavy atom. The zero-order valence-electron chi connectivity index (χ0n) is 13.5. The molecule has 0 amide bonds. The smallest absolute Gasteiger partial charge is 0.325 e. The molecule has 1 heterocycles. The van der Waals surface area contributed by atoms with Crippen LogP contribution < -0.4 is 5.73 Å². The van der Waals surface area contributed by atoms with Crippen LogP contribution in [0.4, 0.5) is 0 Å². The highest BCUT2D eigenvalue weighted by atomic mass is 16.6. The van der Waals surface area contributed by atoms with E-state index in [-0.39, 0.29) is 0 Å². The van der Waals surface area contributed by atoms with Gasteiger partial charge in [-0.3, -0.25) is 9.59 Å². The molecule has 0 spiro atoms. The van der Waals surface area contributed by atoms with E-state index in [4.69, 9.17) is 10.5 Å². The number of rotatable bonds is 5. The first kappa shape index (κ1) is 17.9. The number of likely N-dealkylation sites (tertiary alicyclic amines) is 1. The molecule has 122 valence electrons. The third-order valence-corrected chi connectivity index (χ3v) is 3.91. The number of carbonyl (C=O) groups excluding carboxylic acids is 1. The van der Waals surface area contributed by atoms with E-state index in [9.17, 15) is 14.7 Å². The first-order chi connectivity index (χ1) is 9.57. The summed E-state index contributed by atoms with van der Waals surface area (Å²) in [5.41, 5.74) is 3.61. The zero-order valence-corrected chi connectivity index (χ0v) is 13.5. The highest BCUT2D eigenvalue weighted by Crippen LogP contribution is 2.27. The number of carbonyl (C=O) groups is 2. The van der Waals surface area contributed by atoms with Gasteiger partial charge in [0.25, 0.3) is 0 Å². The predicted octanol–water partition coefficient (Wildman–Crippen LogP) is 1.23. The van der Waals surface area contributed by atoms with E-state index in [2.05, 4.69) is 4.90 Å². The van der Waals surface area contributed by atoms with Crippen LogP contribution in [0.25, 0.3) is 0 Å². The van der Waals surface area contributed by atoms with Crippen molar-refractivity contribution in [2.45, 2.75) is 58.6 Å². The molecule has 1 aliphatic rings. The quantitative estimate of drug-likeness (QED) is 0.586. The van der Waals surface area contributed by atoms with Crippen molar-refractivity contribution in [1.82, 2.24) is 4.90 Å². The summed E-state index contributed by atoms with van der Waals surface area (Å²) >= 11 is 0. The fraction of sp³-hybridized carbons (Fsp3) is 0.867. The Balaban J connectivity index is 2.82. The van der Waals surface area contributed by atoms with E-state index in [1.165, 1.54) is 13.3 Å². The molecule has 6 nitrogen and oxygen atoms in total. The minimum absolute atomic E-state index is 0.391. The third-order valence-electron chi connectivity index (χ3n) is 3.91. The van der Waals surface area contributed by atoms with Gasteiger partial charge in [0.2, 0.25) is 0 Å². The van der Waals surface area contributed by atoms with Crippen LogP contribution in [0.2, 0.25) is 0 Å². The van der Waals surface area contributed by atoms with E-state index in [1.807, 2.05) is 0 Å². The van der Waals surface area contributed by atoms with Crippen molar-refractivity contribution in [3.63, 3.8) is 0 Å². The molecule has 0 aliphatic carbocycles. The molecule has 3 N–H and O–H groups in total. The van der Waals surface area contributed by atoms with E-state index < -0.39 is 29.0 Å². The molecule has 2 atom stereocenters. The number of hydrogen-bond donors (Lipinski definition) is 2. The molecule has 0 aromatic carbocycles. The lowest BCUT2D eigenvalue weighted by molar-refractivity contribution is -0.177. The molecule has 6 heteroatoms. The first-order valence-corrected chi connectivity index (χ1v) is 7.52. The van der Waals surface area contributed by atoms with Gasteiger partial charge in [-0.25, -0.2) is 0 Å². The van der Waals surface area contributed by atoms with Gasteiger partial charge in [0.1, 0.15) is 5.60 Å². The minimum Gasteiger partial charge on any atom is -0.480 e. The molecule has 0 bridgehead atoms. The number of nitrogens with two attached hydrogens (primary N) is 1. The average Bonchev–Trinajstić information content (AvgIpc) is 2.36. The van der Waals surface area contributed by atoms with Crippen molar-refractivity contribution < 1.29 is 19.4 Å². The second kappa shape index (κ2) is 6.75. The maximum atomic E-state index is 12.3. The molecule has 0 saturated carbocycles. The zero-order chi connectivity index (χ0) is 16.3. The Morgan fingerprint density at radius 3 is 2.14 bits per heavy atom. The monoisotopic (exact) mass is 300 g/mol. The second-order valence-electron chi connectivity index (χ2n) is 6.98. The Labute approximate surface area is 126 Å². The molecule has 0 aromatic heterocycles. The van der Waals surface area contributed by atoms with Crippen LogP contribution in [0.15, 0.2) is 0 Å². The van der Waals surface area contributed by atoms with Crippen LogP contribution in [-0.4, -0.2) is 53.2 Å². The normalized spacial score (nSPS) is 21.4. The summed E-state index contributed by atoms with van der Waals surface area (Å²) in [5, 5.41) is 9.50. The third kappa shape index (κ3) is 4.68. The van der Waals surface area contributed by atoms with Gasteiger partial charge >= 0.3 is 11.9 Å². The van der Waals surface area contributed by atoms with Gasteiger partial charge in [0.05, 0.1) is 0 Å². The van der Waals surface area contributed by atoms with Crippen LogP contribution in [-0.2, 0) is 14.3 Å². The average molecular weight is 300 g/mol. The second-order valence-corrected chi connectivity index (χ2v) is 6.98. The van der Waals surface area contributed by atoms with E-state index in [1.54, 1.807) is 20.8 Å². The summed E-state index contributed by atoms with van der Waals surface area (Å²) in [6.45, 7) is 8.69. The van der Waals surface area contributed by atoms with Crippen LogP contribution in [0, 0.1) is 5.41 Å². The number of carboxylic acids is 1. The van der Waals surface area contributed by atoms with Gasteiger partial charge in [-0.15, -0.1) is 0 Å². The SMILES string of the molecule is CC(C)(C)OC(=O)C(C)(C(=O)O)C(N)CN1CCCCC1. The van der Waals surface area contributed by atoms with Crippen molar-refractivity contribution in [2.75, 3.05) is 19.6 Å². The summed E-state index contributed by atoms with van der Waals surface area (Å²) in [6.07, 6.45) is 3.36. The summed E-state index contributed by atoms with van der Waals surface area (Å²) in [7, 11) is 0. The van der Waals surface area contributed by atoms with Gasteiger partial charge < -0.3 is 20.5 Å². The number of esters is 1. The van der Waals surface area contributed by atoms with E-state index in [0.717, 1.165) is 25.9 Å². The molecule has 2 unspecified atom stereocenters. The van der Waals surface area contributed by atoms with Crippen LogP contribution in [0.1, 0.15) is 47.0 Å². The van der Waals surface area contributed by atoms with Gasteiger partial charge in [-0.05, 0) is 53.6 Å². The largest absolute Gasteiger partial charge is 0.480 e. The minimum atomic E-state index is -1.73. The fourth-order valence-electron chi connectivity index (χ4n) is 2.38. The predicted molar refractivity (Wildman–Crippen MR) is 79.9 cm³/mol. The Hall–Kier alpha value is -1.14. The fourth-order valence-corrected chi connectivity index (χ4v) is 2.38. The van der Waals surface area contributed by atoms with Crippen molar-refractivity contribution in [2.24, 2.45) is 11.1 Å². The van der Waals surface area contributed by atoms with E-state index >= 15 is 0 Å². The molecule has 0 radical (unpaired) electrons. The van der Waals surface area contributed by atoms with Gasteiger partial charge in [0, 0.05) is 12.6 Å². The molecular formula is C15H28N2O4. The topological polar surface area (TPSA) is 92.9 Å². The standard InChI is InChI=1S/C15H28N2O4/c1-14(2,3)21-13(20)15(4,12(18)19)11(16)10-17-8-6-5-7-9-17/h11H,5-10,16H2,1-4H3,(H,18,19). The lowest BCUT2D eigenvalue weighted by Gasteiger charge is -2.36. The molecule has 1 fully saturated rings. The Morgan fingerprint density at radius 2 is 1.71 bits per heavy atom. The van der Waals surface area contributed by atoms with Crippen molar-refractivity contribution in [1.29, 1.82) is 0 Å². The summed E-state index contributed by atoms with van der Waals surface area (Å²) in [5.74, 6) is -2.01. The molecule has 0 aromatic rings. The van der Waals surface area contributed by atoms with Crippen LogP contribution in [0.5, 0.6) is 0 Å². The van der Waals surface area contributed by atoms with E-state index in [0.29, 0.717) is 6.54 Å². The highest BCUT2D eigenvalue weighted by molar-refractivity contribution is 5.99. The molecule has 21 heavy (non-hydrogen) atoms. The lowest BCUT2D eigenvalue weighted by Crippen LogP contribution is -2.57. The number of piperidine rings is 1. The number of carboxylic acid groups (broad SMARTS) is 1. The Bertz CT molecular complexity index is 386. The Kier molecular flexibility index (Phi) is 5.75. The van der Waals surface area contributed by atoms with Gasteiger partial charge in [0.15, 0.2) is 5.41 Å². The maximum absolute atomic E-state index is 12.3. The maximum Gasteiger partial charge on any atom is 0.325 e. The number of nitrogens with zero attached hydrogens (tertiary/aromatic N) is 1. The van der Waals surface area contributed by atoms with Crippen molar-refractivity contribution in [3.8, 4) is 0 Å². The summed E-state index contributed by atoms with van der Waals surface area (Å²) in [4.78, 5) is 26.1.